The molecule has 0 unspecified atom stereocenters. The molecule has 0 amide bonds. The van der Waals surface area contributed by atoms with E-state index in [1.807, 2.05) is 0 Å². The number of hydrogen-bond acceptors (Lipinski definition) is 2. The van der Waals surface area contributed by atoms with Crippen LogP contribution in [0, 0.1) is 0 Å². The van der Waals surface area contributed by atoms with Crippen LogP contribution in [-0.4, -0.2) is 19.1 Å². The van der Waals surface area contributed by atoms with Gasteiger partial charge in [-0.2, -0.15) is 0 Å². The monoisotopic (exact) mass is 326 g/mol. The molecule has 0 saturated carbocycles. The Morgan fingerprint density at radius 3 is 2.47 bits per heavy atom. The average Bonchev–Trinajstić information content (AvgIpc) is 2.33. The van der Waals surface area contributed by atoms with E-state index in [4.69, 9.17) is 0 Å². The molecule has 19 heavy (non-hydrogen) atoms. The van der Waals surface area contributed by atoms with Gasteiger partial charge < -0.3 is 10.2 Å². The van der Waals surface area contributed by atoms with Crippen molar-refractivity contribution < 1.29 is 0 Å². The summed E-state index contributed by atoms with van der Waals surface area (Å²) >= 11 is 3.68. The molecule has 0 fully saturated rings. The fourth-order valence-corrected chi connectivity index (χ4v) is 2.31. The Morgan fingerprint density at radius 2 is 1.95 bits per heavy atom. The van der Waals surface area contributed by atoms with Crippen LogP contribution >= 0.6 is 15.9 Å². The molecule has 108 valence electrons. The molecule has 1 N–H and O–H groups in total. The lowest BCUT2D eigenvalue weighted by Crippen LogP contribution is -2.35. The van der Waals surface area contributed by atoms with Gasteiger partial charge in [0.1, 0.15) is 0 Å². The molecule has 0 saturated heterocycles. The fraction of sp³-hybridized carbons (Fsp3) is 0.625. The van der Waals surface area contributed by atoms with Gasteiger partial charge in [0.2, 0.25) is 0 Å². The topological polar surface area (TPSA) is 15.3 Å². The molecule has 0 aliphatic carbocycles. The van der Waals surface area contributed by atoms with Crippen LogP contribution < -0.4 is 10.2 Å². The Hall–Kier alpha value is -0.540. The number of hydrogen-bond donors (Lipinski definition) is 1. The molecule has 0 heterocycles. The van der Waals surface area contributed by atoms with Crippen molar-refractivity contribution in [2.45, 2.75) is 52.6 Å². The number of nitrogens with one attached hydrogen (secondary N) is 1. The molecule has 0 atom stereocenters. The standard InChI is InChI=1S/C16H27BrN2/c1-6-7-10-19(5)14-9-8-13(15(17)11-14)12-18-16(2,3)4/h8-9,11,18H,6-7,10,12H2,1-5H3. The summed E-state index contributed by atoms with van der Waals surface area (Å²) in [6.07, 6.45) is 2.47. The molecule has 0 radical (unpaired) electrons. The normalized spacial score (nSPS) is 11.7. The molecular formula is C16H27BrN2. The summed E-state index contributed by atoms with van der Waals surface area (Å²) in [5.74, 6) is 0. The predicted octanol–water partition coefficient (Wildman–Crippen LogP) is 4.57. The number of rotatable bonds is 6. The van der Waals surface area contributed by atoms with Gasteiger partial charge in [-0.25, -0.2) is 0 Å². The summed E-state index contributed by atoms with van der Waals surface area (Å²) in [7, 11) is 2.16. The van der Waals surface area contributed by atoms with Crippen LogP contribution in [-0.2, 0) is 6.54 Å². The molecule has 1 aromatic carbocycles. The van der Waals surface area contributed by atoms with Crippen molar-refractivity contribution in [2.75, 3.05) is 18.5 Å². The summed E-state index contributed by atoms with van der Waals surface area (Å²) in [5, 5.41) is 3.52. The largest absolute Gasteiger partial charge is 0.375 e. The van der Waals surface area contributed by atoms with Crippen LogP contribution in [0.3, 0.4) is 0 Å². The highest BCUT2D eigenvalue weighted by atomic mass is 79.9. The van der Waals surface area contributed by atoms with E-state index in [0.717, 1.165) is 13.1 Å². The molecule has 0 aliphatic heterocycles. The van der Waals surface area contributed by atoms with Gasteiger partial charge in [-0.05, 0) is 44.9 Å². The van der Waals surface area contributed by atoms with Gasteiger partial charge in [-0.15, -0.1) is 0 Å². The Balaban J connectivity index is 2.69. The first-order chi connectivity index (χ1) is 8.83. The zero-order valence-corrected chi connectivity index (χ0v) is 14.5. The Bertz CT molecular complexity index is 396. The van der Waals surface area contributed by atoms with Gasteiger partial charge in [-0.1, -0.05) is 35.3 Å². The van der Waals surface area contributed by atoms with E-state index in [1.165, 1.54) is 28.6 Å². The van der Waals surface area contributed by atoms with Crippen molar-refractivity contribution in [1.29, 1.82) is 0 Å². The lowest BCUT2D eigenvalue weighted by Gasteiger charge is -2.23. The Labute approximate surface area is 126 Å². The predicted molar refractivity (Wildman–Crippen MR) is 88.9 cm³/mol. The third-order valence-corrected chi connectivity index (χ3v) is 3.87. The van der Waals surface area contributed by atoms with E-state index < -0.39 is 0 Å². The number of nitrogens with zero attached hydrogens (tertiary/aromatic N) is 1. The molecule has 2 nitrogen and oxygen atoms in total. The molecule has 0 bridgehead atoms. The Morgan fingerprint density at radius 1 is 1.26 bits per heavy atom. The van der Waals surface area contributed by atoms with E-state index in [2.05, 4.69) is 79.1 Å². The lowest BCUT2D eigenvalue weighted by molar-refractivity contribution is 0.424. The second-order valence-corrected chi connectivity index (χ2v) is 7.01. The number of unbranched alkanes of at least 4 members (excludes halogenated alkanes) is 1. The molecular weight excluding hydrogens is 300 g/mol. The molecule has 1 aromatic rings. The summed E-state index contributed by atoms with van der Waals surface area (Å²) in [6.45, 7) is 10.8. The highest BCUT2D eigenvalue weighted by molar-refractivity contribution is 9.10. The van der Waals surface area contributed by atoms with Crippen molar-refractivity contribution in [3.05, 3.63) is 28.2 Å². The summed E-state index contributed by atoms with van der Waals surface area (Å²) in [6, 6.07) is 6.63. The maximum Gasteiger partial charge on any atom is 0.0375 e. The van der Waals surface area contributed by atoms with Crippen molar-refractivity contribution in [1.82, 2.24) is 5.32 Å². The second kappa shape index (κ2) is 7.30. The number of halogens is 1. The van der Waals surface area contributed by atoms with Gasteiger partial charge in [0.05, 0.1) is 0 Å². The first kappa shape index (κ1) is 16.5. The van der Waals surface area contributed by atoms with Gasteiger partial charge in [0, 0.05) is 35.8 Å². The average molecular weight is 327 g/mol. The third kappa shape index (κ3) is 5.96. The highest BCUT2D eigenvalue weighted by Crippen LogP contribution is 2.24. The summed E-state index contributed by atoms with van der Waals surface area (Å²) < 4.78 is 1.19. The summed E-state index contributed by atoms with van der Waals surface area (Å²) in [5.41, 5.74) is 2.73. The minimum absolute atomic E-state index is 0.149. The minimum Gasteiger partial charge on any atom is -0.375 e. The summed E-state index contributed by atoms with van der Waals surface area (Å²) in [4.78, 5) is 2.31. The molecule has 0 aliphatic rings. The number of anilines is 1. The van der Waals surface area contributed by atoms with E-state index in [1.54, 1.807) is 0 Å². The van der Waals surface area contributed by atoms with E-state index in [0.29, 0.717) is 0 Å². The third-order valence-electron chi connectivity index (χ3n) is 3.13. The second-order valence-electron chi connectivity index (χ2n) is 6.15. The zero-order chi connectivity index (χ0) is 14.5. The quantitative estimate of drug-likeness (QED) is 0.823. The zero-order valence-electron chi connectivity index (χ0n) is 12.9. The smallest absolute Gasteiger partial charge is 0.0375 e. The number of benzene rings is 1. The molecule has 1 rings (SSSR count). The maximum atomic E-state index is 3.68. The maximum absolute atomic E-state index is 3.68. The van der Waals surface area contributed by atoms with Crippen LogP contribution in [0.2, 0.25) is 0 Å². The van der Waals surface area contributed by atoms with Crippen LogP contribution in [0.1, 0.15) is 46.1 Å². The van der Waals surface area contributed by atoms with Crippen LogP contribution in [0.25, 0.3) is 0 Å². The van der Waals surface area contributed by atoms with Gasteiger partial charge in [0.25, 0.3) is 0 Å². The van der Waals surface area contributed by atoms with Crippen LogP contribution in [0.4, 0.5) is 5.69 Å². The van der Waals surface area contributed by atoms with Crippen molar-refractivity contribution >= 4 is 21.6 Å². The van der Waals surface area contributed by atoms with Crippen LogP contribution in [0.5, 0.6) is 0 Å². The van der Waals surface area contributed by atoms with Crippen LogP contribution in [0.15, 0.2) is 22.7 Å². The van der Waals surface area contributed by atoms with Crippen molar-refractivity contribution in [3.8, 4) is 0 Å². The van der Waals surface area contributed by atoms with E-state index in [9.17, 15) is 0 Å². The molecule has 0 aromatic heterocycles. The molecule has 0 spiro atoms. The van der Waals surface area contributed by atoms with Gasteiger partial charge in [0.15, 0.2) is 0 Å². The minimum atomic E-state index is 0.149. The van der Waals surface area contributed by atoms with E-state index in [-0.39, 0.29) is 5.54 Å². The van der Waals surface area contributed by atoms with Crippen molar-refractivity contribution in [2.24, 2.45) is 0 Å². The first-order valence-electron chi connectivity index (χ1n) is 7.08. The fourth-order valence-electron chi connectivity index (χ4n) is 1.80. The Kier molecular flexibility index (Phi) is 6.34. The van der Waals surface area contributed by atoms with Gasteiger partial charge >= 0.3 is 0 Å². The SMILES string of the molecule is CCCCN(C)c1ccc(CNC(C)(C)C)c(Br)c1. The van der Waals surface area contributed by atoms with E-state index >= 15 is 0 Å². The first-order valence-corrected chi connectivity index (χ1v) is 7.87. The van der Waals surface area contributed by atoms with Gasteiger partial charge in [-0.3, -0.25) is 0 Å². The highest BCUT2D eigenvalue weighted by Gasteiger charge is 2.10. The lowest BCUT2D eigenvalue weighted by atomic mass is 10.1. The van der Waals surface area contributed by atoms with Crippen molar-refractivity contribution in [3.63, 3.8) is 0 Å². The molecule has 3 heteroatoms.